The lowest BCUT2D eigenvalue weighted by Crippen LogP contribution is -2.14. The van der Waals surface area contributed by atoms with Crippen LogP contribution in [0.15, 0.2) is 26.0 Å². The largest absolute Gasteiger partial charge is 0.240 e. The molecule has 0 unspecified atom stereocenters. The lowest BCUT2D eigenvalue weighted by molar-refractivity contribution is 0.597. The molecule has 0 bridgehead atoms. The summed E-state index contributed by atoms with van der Waals surface area (Å²) < 4.78 is 23.1. The number of nitriles is 1. The number of hydrogen-bond acceptors (Lipinski definition) is 3. The van der Waals surface area contributed by atoms with Crippen LogP contribution in [0.2, 0.25) is 0 Å². The van der Waals surface area contributed by atoms with Crippen LogP contribution in [0.3, 0.4) is 0 Å². The van der Waals surface area contributed by atoms with Crippen LogP contribution in [0.5, 0.6) is 0 Å². The summed E-state index contributed by atoms with van der Waals surface area (Å²) in [6.45, 7) is 0. The molecule has 7 heteroatoms. The van der Waals surface area contributed by atoms with Crippen LogP contribution in [-0.2, 0) is 10.0 Å². The van der Waals surface area contributed by atoms with E-state index in [0.29, 0.717) is 4.47 Å². The first-order valence-corrected chi connectivity index (χ1v) is 6.41. The van der Waals surface area contributed by atoms with Gasteiger partial charge in [0.1, 0.15) is 11.0 Å². The van der Waals surface area contributed by atoms with Gasteiger partial charge in [0.15, 0.2) is 0 Å². The summed E-state index contributed by atoms with van der Waals surface area (Å²) in [6.07, 6.45) is 0. The van der Waals surface area contributed by atoms with Crippen LogP contribution in [0, 0.1) is 11.3 Å². The van der Waals surface area contributed by atoms with E-state index in [1.807, 2.05) is 0 Å². The van der Waals surface area contributed by atoms with Crippen LogP contribution >= 0.6 is 31.9 Å². The fourth-order valence-corrected chi connectivity index (χ4v) is 3.58. The quantitative estimate of drug-likeness (QED) is 0.845. The number of nitrogens with zero attached hydrogens (tertiary/aromatic N) is 1. The van der Waals surface area contributed by atoms with Crippen molar-refractivity contribution >= 4 is 41.9 Å². The molecule has 1 aromatic carbocycles. The van der Waals surface area contributed by atoms with Crippen molar-refractivity contribution in [1.82, 2.24) is 0 Å². The molecule has 0 radical (unpaired) electrons. The first-order chi connectivity index (χ1) is 6.36. The molecule has 0 aliphatic rings. The molecule has 14 heavy (non-hydrogen) atoms. The Morgan fingerprint density at radius 1 is 1.36 bits per heavy atom. The van der Waals surface area contributed by atoms with Gasteiger partial charge in [-0.2, -0.15) is 5.26 Å². The van der Waals surface area contributed by atoms with Crippen LogP contribution < -0.4 is 5.14 Å². The fourth-order valence-electron chi connectivity index (χ4n) is 0.933. The van der Waals surface area contributed by atoms with Gasteiger partial charge >= 0.3 is 0 Å². The Morgan fingerprint density at radius 3 is 2.36 bits per heavy atom. The lowest BCUT2D eigenvalue weighted by atomic mass is 10.2. The van der Waals surface area contributed by atoms with E-state index in [9.17, 15) is 8.42 Å². The smallest absolute Gasteiger partial charge is 0.225 e. The molecule has 0 fully saturated rings. The summed E-state index contributed by atoms with van der Waals surface area (Å²) in [6, 6.07) is 4.67. The van der Waals surface area contributed by atoms with Gasteiger partial charge in [-0.25, -0.2) is 13.6 Å². The van der Waals surface area contributed by atoms with E-state index >= 15 is 0 Å². The number of rotatable bonds is 1. The Labute approximate surface area is 98.0 Å². The van der Waals surface area contributed by atoms with Crippen molar-refractivity contribution in [3.05, 3.63) is 26.6 Å². The maximum atomic E-state index is 11.1. The highest BCUT2D eigenvalue weighted by molar-refractivity contribution is 9.11. The van der Waals surface area contributed by atoms with Crippen molar-refractivity contribution in [2.75, 3.05) is 0 Å². The summed E-state index contributed by atoms with van der Waals surface area (Å²) >= 11 is 6.17. The highest BCUT2D eigenvalue weighted by atomic mass is 79.9. The van der Waals surface area contributed by atoms with Crippen molar-refractivity contribution in [2.24, 2.45) is 5.14 Å². The number of halogens is 2. The van der Waals surface area contributed by atoms with Crippen molar-refractivity contribution in [3.63, 3.8) is 0 Å². The first kappa shape index (κ1) is 11.7. The zero-order valence-electron chi connectivity index (χ0n) is 6.66. The van der Waals surface area contributed by atoms with E-state index in [-0.39, 0.29) is 14.9 Å². The molecule has 4 nitrogen and oxygen atoms in total. The molecule has 1 aromatic rings. The van der Waals surface area contributed by atoms with Crippen molar-refractivity contribution in [1.29, 1.82) is 5.26 Å². The normalized spacial score (nSPS) is 11.0. The highest BCUT2D eigenvalue weighted by Crippen LogP contribution is 2.28. The maximum Gasteiger partial charge on any atom is 0.240 e. The molecule has 2 N–H and O–H groups in total. The Kier molecular flexibility index (Phi) is 3.32. The zero-order chi connectivity index (χ0) is 10.9. The van der Waals surface area contributed by atoms with E-state index in [2.05, 4.69) is 31.9 Å². The van der Waals surface area contributed by atoms with Crippen LogP contribution in [0.1, 0.15) is 5.56 Å². The summed E-state index contributed by atoms with van der Waals surface area (Å²) in [4.78, 5) is -0.191. The van der Waals surface area contributed by atoms with Gasteiger partial charge in [0.05, 0.1) is 5.56 Å². The molecule has 0 aromatic heterocycles. The predicted octanol–water partition coefficient (Wildman–Crippen LogP) is 1.73. The molecule has 0 aliphatic heterocycles. The minimum Gasteiger partial charge on any atom is -0.225 e. The molecule has 0 atom stereocenters. The summed E-state index contributed by atoms with van der Waals surface area (Å²) in [5.41, 5.74) is 0.00810. The van der Waals surface area contributed by atoms with Crippen LogP contribution in [-0.4, -0.2) is 8.42 Å². The standard InChI is InChI=1S/C7H4Br2N2O2S/c8-5-1-4(3-10)7(6(9)2-5)14(11,12)13/h1-2H,(H2,11,12,13). The molecule has 0 amide bonds. The third kappa shape index (κ3) is 2.33. The summed E-state index contributed by atoms with van der Waals surface area (Å²) in [5, 5.41) is 13.7. The summed E-state index contributed by atoms with van der Waals surface area (Å²) in [7, 11) is -3.88. The van der Waals surface area contributed by atoms with Gasteiger partial charge in [0.2, 0.25) is 10.0 Å². The monoisotopic (exact) mass is 338 g/mol. The second-order valence-electron chi connectivity index (χ2n) is 2.42. The van der Waals surface area contributed by atoms with E-state index in [0.717, 1.165) is 0 Å². The lowest BCUT2D eigenvalue weighted by Gasteiger charge is -2.04. The molecule has 0 saturated carbocycles. The van der Waals surface area contributed by atoms with Gasteiger partial charge in [-0.1, -0.05) is 15.9 Å². The Morgan fingerprint density at radius 2 is 1.93 bits per heavy atom. The third-order valence-corrected chi connectivity index (χ3v) is 3.77. The minimum atomic E-state index is -3.88. The van der Waals surface area contributed by atoms with Crippen LogP contribution in [0.25, 0.3) is 0 Å². The third-order valence-electron chi connectivity index (χ3n) is 1.41. The van der Waals surface area contributed by atoms with Crippen molar-refractivity contribution in [2.45, 2.75) is 4.90 Å². The SMILES string of the molecule is N#Cc1cc(Br)cc(Br)c1S(N)(=O)=O. The van der Waals surface area contributed by atoms with Gasteiger partial charge < -0.3 is 0 Å². The average molecular weight is 340 g/mol. The number of nitrogens with two attached hydrogens (primary N) is 1. The zero-order valence-corrected chi connectivity index (χ0v) is 10.6. The van der Waals surface area contributed by atoms with Crippen molar-refractivity contribution in [3.8, 4) is 6.07 Å². The van der Waals surface area contributed by atoms with Gasteiger partial charge in [0.25, 0.3) is 0 Å². The van der Waals surface area contributed by atoms with Gasteiger partial charge in [-0.15, -0.1) is 0 Å². The molecule has 0 spiro atoms. The minimum absolute atomic E-state index is 0.00810. The second-order valence-corrected chi connectivity index (χ2v) is 5.69. The molecule has 74 valence electrons. The first-order valence-electron chi connectivity index (χ1n) is 3.28. The molecule has 0 aliphatic carbocycles. The van der Waals surface area contributed by atoms with Gasteiger partial charge in [-0.3, -0.25) is 0 Å². The average Bonchev–Trinajstić information content (AvgIpc) is 1.99. The predicted molar refractivity (Wildman–Crippen MR) is 57.9 cm³/mol. The van der Waals surface area contributed by atoms with E-state index in [1.165, 1.54) is 12.1 Å². The Hall–Kier alpha value is -0.420. The number of benzene rings is 1. The molecular formula is C7H4Br2N2O2S. The van der Waals surface area contributed by atoms with Gasteiger partial charge in [-0.05, 0) is 28.1 Å². The molecular weight excluding hydrogens is 336 g/mol. The molecule has 0 heterocycles. The second kappa shape index (κ2) is 3.98. The maximum absolute atomic E-state index is 11.1. The number of primary sulfonamides is 1. The van der Waals surface area contributed by atoms with Crippen molar-refractivity contribution < 1.29 is 8.42 Å². The molecule has 1 rings (SSSR count). The summed E-state index contributed by atoms with van der Waals surface area (Å²) in [5.74, 6) is 0. The van der Waals surface area contributed by atoms with E-state index < -0.39 is 10.0 Å². The number of sulfonamides is 1. The molecule has 0 saturated heterocycles. The van der Waals surface area contributed by atoms with E-state index in [4.69, 9.17) is 10.4 Å². The fraction of sp³-hybridized carbons (Fsp3) is 0. The Balaban J connectivity index is 3.68. The topological polar surface area (TPSA) is 83.9 Å². The number of hydrogen-bond donors (Lipinski definition) is 1. The van der Waals surface area contributed by atoms with Crippen LogP contribution in [0.4, 0.5) is 0 Å². The van der Waals surface area contributed by atoms with Gasteiger partial charge in [0, 0.05) is 8.95 Å². The Bertz CT molecular complexity index is 519. The highest BCUT2D eigenvalue weighted by Gasteiger charge is 2.18. The van der Waals surface area contributed by atoms with E-state index in [1.54, 1.807) is 6.07 Å².